The molecule has 0 bridgehead atoms. The van der Waals surface area contributed by atoms with Crippen molar-refractivity contribution in [2.45, 2.75) is 0 Å². The first-order valence-electron chi connectivity index (χ1n) is 4.00. The maximum atomic E-state index is 11.6. The van der Waals surface area contributed by atoms with Gasteiger partial charge >= 0.3 is 94.7 Å². The Bertz CT molecular complexity index is 621. The number of H-pyrrole nitrogens is 1. The molecule has 7 heteroatoms. The molecule has 0 aliphatic rings. The number of aryl methyl sites for hydroxylation is 1. The molecule has 69 valence electrons. The summed E-state index contributed by atoms with van der Waals surface area (Å²) in [5.41, 5.74) is 0.206. The number of rotatable bonds is 0. The van der Waals surface area contributed by atoms with Crippen LogP contribution in [0.5, 0.6) is 0 Å². The van der Waals surface area contributed by atoms with Gasteiger partial charge in [0.2, 0.25) is 0 Å². The van der Waals surface area contributed by atoms with Gasteiger partial charge in [-0.1, -0.05) is 0 Å². The summed E-state index contributed by atoms with van der Waals surface area (Å²) in [6.45, 7) is 0. The van der Waals surface area contributed by atoms with Crippen molar-refractivity contribution in [1.29, 1.82) is 0 Å². The van der Waals surface area contributed by atoms with Crippen LogP contribution in [0, 0.1) is 0 Å². The minimum absolute atomic E-state index is 0.313. The molecule has 2 aromatic heterocycles. The van der Waals surface area contributed by atoms with E-state index in [4.69, 9.17) is 0 Å². The SMILES string of the molecule is Cn1c(=O)c2[nH][c]([Hg])nc2n(C)c1=O. The predicted molar refractivity (Wildman–Crippen MR) is 46.2 cm³/mol. The van der Waals surface area contributed by atoms with Gasteiger partial charge in [0.15, 0.2) is 0 Å². The van der Waals surface area contributed by atoms with E-state index in [2.05, 4.69) is 9.97 Å². The number of aromatic amines is 1. The van der Waals surface area contributed by atoms with Crippen molar-refractivity contribution in [2.24, 2.45) is 14.1 Å². The van der Waals surface area contributed by atoms with Crippen LogP contribution >= 0.6 is 0 Å². The van der Waals surface area contributed by atoms with E-state index in [0.29, 0.717) is 37.3 Å². The summed E-state index contributed by atoms with van der Waals surface area (Å²) in [5, 5.41) is 0. The third-order valence-electron chi connectivity index (χ3n) is 2.14. The van der Waals surface area contributed by atoms with Gasteiger partial charge in [0.05, 0.1) is 0 Å². The Morgan fingerprint density at radius 1 is 1.29 bits per heavy atom. The summed E-state index contributed by atoms with van der Waals surface area (Å²) in [4.78, 5) is 30.2. The number of hydrogen-bond acceptors (Lipinski definition) is 3. The standard InChI is InChI=1S/C7H7N4O2.Hg/c1-10-5-4(8-3-9-5)6(12)11(2)7(10)13;/h1-2H3,(H,8,9);. The third-order valence-corrected chi connectivity index (χ3v) is 3.45. The van der Waals surface area contributed by atoms with Gasteiger partial charge in [-0.3, -0.25) is 0 Å². The summed E-state index contributed by atoms with van der Waals surface area (Å²) in [6, 6.07) is 0. The number of imidazole rings is 1. The van der Waals surface area contributed by atoms with Crippen LogP contribution in [0.1, 0.15) is 0 Å². The van der Waals surface area contributed by atoms with Crippen LogP contribution in [0.4, 0.5) is 0 Å². The number of nitrogens with one attached hydrogen (secondary N) is 1. The van der Waals surface area contributed by atoms with Crippen molar-refractivity contribution in [1.82, 2.24) is 19.1 Å². The maximum absolute atomic E-state index is 11.6. The van der Waals surface area contributed by atoms with Gasteiger partial charge in [-0.15, -0.1) is 0 Å². The Morgan fingerprint density at radius 3 is 2.57 bits per heavy atom. The summed E-state index contributed by atoms with van der Waals surface area (Å²) in [5.74, 6) is 0. The Kier molecular flexibility index (Phi) is 2.09. The van der Waals surface area contributed by atoms with Gasteiger partial charge in [0, 0.05) is 0 Å². The van der Waals surface area contributed by atoms with Gasteiger partial charge in [-0.25, -0.2) is 0 Å². The summed E-state index contributed by atoms with van der Waals surface area (Å²) < 4.78 is 3.27. The summed E-state index contributed by atoms with van der Waals surface area (Å²) in [6.07, 6.45) is 0. The van der Waals surface area contributed by atoms with E-state index in [1.54, 1.807) is 7.05 Å². The molecule has 0 spiro atoms. The minimum atomic E-state index is -0.345. The quantitative estimate of drug-likeness (QED) is 0.545. The van der Waals surface area contributed by atoms with Gasteiger partial charge in [-0.05, 0) is 0 Å². The Morgan fingerprint density at radius 2 is 1.93 bits per heavy atom. The molecule has 2 aromatic rings. The van der Waals surface area contributed by atoms with Crippen molar-refractivity contribution in [3.8, 4) is 0 Å². The topological polar surface area (TPSA) is 72.7 Å². The zero-order valence-electron chi connectivity index (χ0n) is 7.87. The molecule has 1 N–H and O–H groups in total. The average Bonchev–Trinajstić information content (AvgIpc) is 2.54. The van der Waals surface area contributed by atoms with E-state index in [-0.39, 0.29) is 11.2 Å². The predicted octanol–water partition coefficient (Wildman–Crippen LogP) is -1.87. The van der Waals surface area contributed by atoms with Gasteiger partial charge in [-0.2, -0.15) is 0 Å². The first-order chi connectivity index (χ1) is 6.52. The van der Waals surface area contributed by atoms with Crippen molar-refractivity contribution in [3.05, 3.63) is 20.8 Å². The molecule has 0 fully saturated rings. The monoisotopic (exact) mass is 381 g/mol. The Labute approximate surface area is 94.5 Å². The number of aromatic nitrogens is 4. The molecule has 2 heterocycles. The summed E-state index contributed by atoms with van der Waals surface area (Å²) in [7, 11) is 3.07. The first kappa shape index (κ1) is 9.63. The molecule has 0 amide bonds. The molecule has 0 aliphatic carbocycles. The van der Waals surface area contributed by atoms with E-state index in [1.165, 1.54) is 11.6 Å². The zero-order chi connectivity index (χ0) is 10.5. The fourth-order valence-corrected chi connectivity index (χ4v) is 2.64. The fraction of sp³-hybridized carbons (Fsp3) is 0.286. The van der Waals surface area contributed by atoms with Crippen LogP contribution in [0.3, 0.4) is 0 Å². The first-order valence-corrected chi connectivity index (χ1v) is 6.75. The van der Waals surface area contributed by atoms with Crippen LogP contribution < -0.4 is 14.6 Å². The molecule has 0 saturated heterocycles. The summed E-state index contributed by atoms with van der Waals surface area (Å²) >= 11 is 0.317. The Balaban J connectivity index is 3.17. The van der Waals surface area contributed by atoms with Crippen molar-refractivity contribution >= 4 is 14.5 Å². The zero-order valence-corrected chi connectivity index (χ0v) is 13.4. The normalized spacial score (nSPS) is 11.1. The molecule has 0 aliphatic heterocycles. The van der Waals surface area contributed by atoms with Crippen LogP contribution in [-0.2, 0) is 40.2 Å². The van der Waals surface area contributed by atoms with Crippen LogP contribution in [0.15, 0.2) is 9.59 Å². The van der Waals surface area contributed by atoms with E-state index < -0.39 is 0 Å². The Hall–Kier alpha value is -0.915. The molecule has 0 radical (unpaired) electrons. The number of nitrogens with zero attached hydrogens (tertiary/aromatic N) is 3. The van der Waals surface area contributed by atoms with Crippen molar-refractivity contribution in [3.63, 3.8) is 0 Å². The fourth-order valence-electron chi connectivity index (χ4n) is 1.37. The van der Waals surface area contributed by atoms with E-state index >= 15 is 0 Å². The van der Waals surface area contributed by atoms with Gasteiger partial charge < -0.3 is 0 Å². The second-order valence-corrected chi connectivity index (χ2v) is 5.69. The van der Waals surface area contributed by atoms with Gasteiger partial charge in [0.25, 0.3) is 0 Å². The number of fused-ring (bicyclic) bond motifs is 1. The van der Waals surface area contributed by atoms with E-state index in [0.717, 1.165) is 7.90 Å². The second kappa shape index (κ2) is 3.04. The van der Waals surface area contributed by atoms with Crippen LogP contribution in [0.2, 0.25) is 0 Å². The molecular formula is C7H7HgN4O2. The molecule has 0 unspecified atom stereocenters. The van der Waals surface area contributed by atoms with E-state index in [1.807, 2.05) is 0 Å². The molecule has 0 saturated carbocycles. The average molecular weight is 380 g/mol. The van der Waals surface area contributed by atoms with Crippen molar-refractivity contribution < 1.29 is 26.1 Å². The molecule has 2 rings (SSSR count). The number of hydrogen-bond donors (Lipinski definition) is 1. The molecular weight excluding hydrogens is 373 g/mol. The van der Waals surface area contributed by atoms with E-state index in [9.17, 15) is 9.59 Å². The van der Waals surface area contributed by atoms with Crippen LogP contribution in [0.25, 0.3) is 11.2 Å². The molecule has 0 aromatic carbocycles. The second-order valence-electron chi connectivity index (χ2n) is 3.09. The molecule has 14 heavy (non-hydrogen) atoms. The molecule has 0 atom stereocenters. The molecule has 6 nitrogen and oxygen atoms in total. The van der Waals surface area contributed by atoms with Crippen molar-refractivity contribution in [2.75, 3.05) is 0 Å². The van der Waals surface area contributed by atoms with Gasteiger partial charge in [0.1, 0.15) is 0 Å². The van der Waals surface area contributed by atoms with Crippen LogP contribution in [-0.4, -0.2) is 19.1 Å². The third kappa shape index (κ3) is 1.17.